The molecule has 1 aromatic carbocycles. The number of hydrogen-bond donors (Lipinski definition) is 1. The maximum absolute atomic E-state index is 5.53. The Labute approximate surface area is 84.4 Å². The lowest BCUT2D eigenvalue weighted by molar-refractivity contribution is 0.414. The molecule has 0 radical (unpaired) electrons. The van der Waals surface area contributed by atoms with Crippen LogP contribution in [0.3, 0.4) is 0 Å². The standard InChI is InChI=1S/C12H15NO/c1-14-11-5-4-9-2-3-10(6-7-13)12(9)8-11/h4-6,8H,2-3,7,13H2,1H3. The SMILES string of the molecule is COc1ccc2c(c1)C(=CCN)CC2. The third kappa shape index (κ3) is 1.53. The number of hydrogen-bond acceptors (Lipinski definition) is 2. The van der Waals surface area contributed by atoms with Crippen LogP contribution in [0.2, 0.25) is 0 Å². The molecule has 0 heterocycles. The van der Waals surface area contributed by atoms with Crippen molar-refractivity contribution in [2.75, 3.05) is 13.7 Å². The average molecular weight is 189 g/mol. The van der Waals surface area contributed by atoms with Gasteiger partial charge in [0.05, 0.1) is 7.11 Å². The number of rotatable bonds is 2. The van der Waals surface area contributed by atoms with Crippen LogP contribution in [0, 0.1) is 0 Å². The molecule has 1 aliphatic rings. The molecule has 0 aliphatic heterocycles. The Morgan fingerprint density at radius 2 is 2.29 bits per heavy atom. The van der Waals surface area contributed by atoms with Crippen LogP contribution in [0.1, 0.15) is 17.5 Å². The van der Waals surface area contributed by atoms with Crippen LogP contribution in [0.25, 0.3) is 5.57 Å². The zero-order chi connectivity index (χ0) is 9.97. The summed E-state index contributed by atoms with van der Waals surface area (Å²) in [5, 5.41) is 0. The second-order valence-corrected chi connectivity index (χ2v) is 3.49. The fourth-order valence-corrected chi connectivity index (χ4v) is 1.96. The van der Waals surface area contributed by atoms with Gasteiger partial charge < -0.3 is 10.5 Å². The highest BCUT2D eigenvalue weighted by Gasteiger charge is 2.15. The molecular weight excluding hydrogens is 174 g/mol. The monoisotopic (exact) mass is 189 g/mol. The molecule has 0 spiro atoms. The molecular formula is C12H15NO. The zero-order valence-electron chi connectivity index (χ0n) is 8.42. The van der Waals surface area contributed by atoms with Crippen LogP contribution >= 0.6 is 0 Å². The van der Waals surface area contributed by atoms with Crippen molar-refractivity contribution in [1.29, 1.82) is 0 Å². The highest BCUT2D eigenvalue weighted by molar-refractivity contribution is 5.73. The molecule has 0 amide bonds. The molecule has 14 heavy (non-hydrogen) atoms. The third-order valence-electron chi connectivity index (χ3n) is 2.69. The van der Waals surface area contributed by atoms with Crippen molar-refractivity contribution in [3.63, 3.8) is 0 Å². The highest BCUT2D eigenvalue weighted by atomic mass is 16.5. The molecule has 0 atom stereocenters. The van der Waals surface area contributed by atoms with Gasteiger partial charge in [-0.05, 0) is 41.7 Å². The Bertz CT molecular complexity index is 369. The average Bonchev–Trinajstić information content (AvgIpc) is 2.61. The van der Waals surface area contributed by atoms with Crippen LogP contribution in [-0.4, -0.2) is 13.7 Å². The molecule has 74 valence electrons. The molecule has 1 aliphatic carbocycles. The van der Waals surface area contributed by atoms with E-state index in [0.717, 1.165) is 18.6 Å². The van der Waals surface area contributed by atoms with Gasteiger partial charge in [0, 0.05) is 6.54 Å². The minimum atomic E-state index is 0.617. The van der Waals surface area contributed by atoms with Crippen molar-refractivity contribution in [3.05, 3.63) is 35.4 Å². The third-order valence-corrected chi connectivity index (χ3v) is 2.69. The van der Waals surface area contributed by atoms with Crippen molar-refractivity contribution in [2.45, 2.75) is 12.8 Å². The Kier molecular flexibility index (Phi) is 2.55. The lowest BCUT2D eigenvalue weighted by atomic mass is 10.1. The molecule has 2 heteroatoms. The summed E-state index contributed by atoms with van der Waals surface area (Å²) in [6.07, 6.45) is 4.34. The van der Waals surface area contributed by atoms with Crippen molar-refractivity contribution >= 4 is 5.57 Å². The minimum absolute atomic E-state index is 0.617. The van der Waals surface area contributed by atoms with Gasteiger partial charge in [-0.15, -0.1) is 0 Å². The Morgan fingerprint density at radius 3 is 3.00 bits per heavy atom. The van der Waals surface area contributed by atoms with Crippen molar-refractivity contribution < 1.29 is 4.74 Å². The molecule has 0 saturated carbocycles. The maximum atomic E-state index is 5.53. The normalized spacial score (nSPS) is 17.1. The van der Waals surface area contributed by atoms with Crippen molar-refractivity contribution in [3.8, 4) is 5.75 Å². The summed E-state index contributed by atoms with van der Waals surface area (Å²) in [6.45, 7) is 0.617. The van der Waals surface area contributed by atoms with E-state index in [0.29, 0.717) is 6.54 Å². The summed E-state index contributed by atoms with van der Waals surface area (Å²) in [4.78, 5) is 0. The summed E-state index contributed by atoms with van der Waals surface area (Å²) in [5.41, 5.74) is 9.61. The van der Waals surface area contributed by atoms with Gasteiger partial charge in [-0.25, -0.2) is 0 Å². The van der Waals surface area contributed by atoms with Crippen LogP contribution in [0.5, 0.6) is 5.75 Å². The first-order chi connectivity index (χ1) is 6.85. The molecule has 0 saturated heterocycles. The Hall–Kier alpha value is -1.28. The van der Waals surface area contributed by atoms with Crippen molar-refractivity contribution in [2.24, 2.45) is 5.73 Å². The zero-order valence-corrected chi connectivity index (χ0v) is 8.42. The van der Waals surface area contributed by atoms with E-state index in [1.807, 2.05) is 6.07 Å². The van der Waals surface area contributed by atoms with Crippen LogP contribution < -0.4 is 10.5 Å². The first-order valence-electron chi connectivity index (χ1n) is 4.91. The maximum Gasteiger partial charge on any atom is 0.119 e. The molecule has 1 aromatic rings. The predicted molar refractivity (Wildman–Crippen MR) is 58.3 cm³/mol. The number of ether oxygens (including phenoxy) is 1. The highest BCUT2D eigenvalue weighted by Crippen LogP contribution is 2.34. The smallest absolute Gasteiger partial charge is 0.119 e. The molecule has 2 rings (SSSR count). The number of fused-ring (bicyclic) bond motifs is 1. The predicted octanol–water partition coefficient (Wildman–Crippen LogP) is 1.98. The topological polar surface area (TPSA) is 35.2 Å². The number of methoxy groups -OCH3 is 1. The fraction of sp³-hybridized carbons (Fsp3) is 0.333. The summed E-state index contributed by atoms with van der Waals surface area (Å²) in [6, 6.07) is 6.26. The van der Waals surface area contributed by atoms with Gasteiger partial charge in [0.2, 0.25) is 0 Å². The van der Waals surface area contributed by atoms with E-state index in [4.69, 9.17) is 10.5 Å². The summed E-state index contributed by atoms with van der Waals surface area (Å²) >= 11 is 0. The molecule has 0 bridgehead atoms. The van der Waals surface area contributed by atoms with Gasteiger partial charge in [-0.1, -0.05) is 12.1 Å². The quantitative estimate of drug-likeness (QED) is 0.772. The fourth-order valence-electron chi connectivity index (χ4n) is 1.96. The van der Waals surface area contributed by atoms with Gasteiger partial charge in [-0.3, -0.25) is 0 Å². The van der Waals surface area contributed by atoms with Crippen molar-refractivity contribution in [1.82, 2.24) is 0 Å². The van der Waals surface area contributed by atoms with Gasteiger partial charge in [0.15, 0.2) is 0 Å². The van der Waals surface area contributed by atoms with Gasteiger partial charge in [0.1, 0.15) is 5.75 Å². The first-order valence-corrected chi connectivity index (χ1v) is 4.91. The summed E-state index contributed by atoms with van der Waals surface area (Å²) in [5.74, 6) is 0.925. The number of nitrogens with two attached hydrogens (primary N) is 1. The van der Waals surface area contributed by atoms with E-state index < -0.39 is 0 Å². The number of benzene rings is 1. The second kappa shape index (κ2) is 3.84. The number of aryl methyl sites for hydroxylation is 1. The van der Waals surface area contributed by atoms with Crippen LogP contribution in [0.4, 0.5) is 0 Å². The summed E-state index contributed by atoms with van der Waals surface area (Å²) < 4.78 is 5.21. The van der Waals surface area contributed by atoms with Crippen LogP contribution in [-0.2, 0) is 6.42 Å². The minimum Gasteiger partial charge on any atom is -0.497 e. The first kappa shape index (κ1) is 9.28. The Morgan fingerprint density at radius 1 is 1.43 bits per heavy atom. The van der Waals surface area contributed by atoms with Gasteiger partial charge in [0.25, 0.3) is 0 Å². The molecule has 0 aromatic heterocycles. The molecule has 2 N–H and O–H groups in total. The van der Waals surface area contributed by atoms with Gasteiger partial charge >= 0.3 is 0 Å². The lowest BCUT2D eigenvalue weighted by Gasteiger charge is -2.04. The van der Waals surface area contributed by atoms with E-state index in [1.165, 1.54) is 16.7 Å². The molecule has 0 fully saturated rings. The second-order valence-electron chi connectivity index (χ2n) is 3.49. The molecule has 0 unspecified atom stereocenters. The van der Waals surface area contributed by atoms with E-state index in [1.54, 1.807) is 7.11 Å². The summed E-state index contributed by atoms with van der Waals surface area (Å²) in [7, 11) is 1.70. The van der Waals surface area contributed by atoms with E-state index in [2.05, 4.69) is 18.2 Å². The lowest BCUT2D eigenvalue weighted by Crippen LogP contribution is -1.94. The van der Waals surface area contributed by atoms with Gasteiger partial charge in [-0.2, -0.15) is 0 Å². The number of allylic oxidation sites excluding steroid dienone is 1. The van der Waals surface area contributed by atoms with Crippen LogP contribution in [0.15, 0.2) is 24.3 Å². The van der Waals surface area contributed by atoms with E-state index >= 15 is 0 Å². The van der Waals surface area contributed by atoms with E-state index in [-0.39, 0.29) is 0 Å². The largest absolute Gasteiger partial charge is 0.497 e. The van der Waals surface area contributed by atoms with E-state index in [9.17, 15) is 0 Å². The Balaban J connectivity index is 2.42. The molecule has 2 nitrogen and oxygen atoms in total.